The van der Waals surface area contributed by atoms with Crippen molar-refractivity contribution in [2.45, 2.75) is 88.6 Å². The number of H-pyrrole nitrogens is 1. The van der Waals surface area contributed by atoms with Crippen LogP contribution in [0, 0.1) is 0 Å². The first-order chi connectivity index (χ1) is 25.2. The van der Waals surface area contributed by atoms with E-state index in [2.05, 4.69) is 26.8 Å². The minimum absolute atomic E-state index is 0.105. The number of nitrogens with zero attached hydrogens (tertiary/aromatic N) is 6. The van der Waals surface area contributed by atoms with Gasteiger partial charge in [-0.05, 0) is 75.3 Å². The van der Waals surface area contributed by atoms with Gasteiger partial charge in [-0.15, -0.1) is 0 Å². The minimum atomic E-state index is -1.00. The minimum Gasteiger partial charge on any atom is -0.436 e. The molecule has 276 valence electrons. The molecule has 2 amide bonds. The monoisotopic (exact) mass is 728 g/mol. The number of carbonyl (C=O) groups excluding carboxylic acids is 2. The number of hydrogen-bond donors (Lipinski definition) is 2. The van der Waals surface area contributed by atoms with E-state index in [1.54, 1.807) is 21.7 Å². The lowest BCUT2D eigenvalue weighted by molar-refractivity contribution is -0.143. The number of benzene rings is 2. The Morgan fingerprint density at radius 2 is 1.67 bits per heavy atom. The van der Waals surface area contributed by atoms with E-state index in [-0.39, 0.29) is 24.1 Å². The number of ether oxygens (including phenoxy) is 1. The highest BCUT2D eigenvalue weighted by atomic mass is 35.5. The lowest BCUT2D eigenvalue weighted by Crippen LogP contribution is -2.57. The number of aryl methyl sites for hydroxylation is 1. The number of hydrogen-bond acceptors (Lipinski definition) is 8. The number of nitrogens with one attached hydrogen (secondary N) is 1. The number of carbonyl (C=O) groups is 2. The number of para-hydroxylation sites is 1. The largest absolute Gasteiger partial charge is 0.436 e. The molecule has 52 heavy (non-hydrogen) atoms. The Labute approximate surface area is 308 Å². The number of aromatic nitrogens is 3. The summed E-state index contributed by atoms with van der Waals surface area (Å²) in [7, 11) is 2.26. The topological polar surface area (TPSA) is 133 Å². The molecule has 2 aromatic heterocycles. The second kappa shape index (κ2) is 14.4. The molecule has 6 heterocycles. The van der Waals surface area contributed by atoms with Gasteiger partial charge in [0.15, 0.2) is 6.10 Å². The summed E-state index contributed by atoms with van der Waals surface area (Å²) in [5.74, 6) is -0.178. The predicted octanol–water partition coefficient (Wildman–Crippen LogP) is 4.83. The van der Waals surface area contributed by atoms with Crippen LogP contribution >= 0.6 is 11.6 Å². The molecule has 2 aromatic carbocycles. The number of nitrogens with two attached hydrogens (primary N) is 1. The molecule has 0 saturated carbocycles. The highest BCUT2D eigenvalue weighted by Crippen LogP contribution is 2.37. The summed E-state index contributed by atoms with van der Waals surface area (Å²) in [6.45, 7) is 5.65. The zero-order chi connectivity index (χ0) is 36.1. The predicted molar refractivity (Wildman–Crippen MR) is 203 cm³/mol. The molecule has 0 radical (unpaired) electrons. The number of pyridine rings is 1. The molecule has 13 heteroatoms. The SMILES string of the molecule is CCc1cc(C[C@@H](OC(=O)N2CCC(n3c(=O)[nH]c4c5ccccc5ncc43)CC2)C(=O)N2CCN(C3CC4CCC(C3)N4C)CC2)cc(Cl)c1N. The Kier molecular flexibility index (Phi) is 9.65. The molecule has 4 fully saturated rings. The number of aromatic amines is 1. The Morgan fingerprint density at radius 1 is 0.962 bits per heavy atom. The zero-order valence-electron chi connectivity index (χ0n) is 30.1. The van der Waals surface area contributed by atoms with E-state index in [4.69, 9.17) is 22.1 Å². The van der Waals surface area contributed by atoms with Crippen molar-refractivity contribution in [3.63, 3.8) is 0 Å². The third-order valence-corrected chi connectivity index (χ3v) is 12.7. The maximum Gasteiger partial charge on any atom is 0.410 e. The molecule has 3 atom stereocenters. The fourth-order valence-electron chi connectivity index (χ4n) is 9.32. The molecule has 0 spiro atoms. The quantitative estimate of drug-likeness (QED) is 0.259. The first-order valence-electron chi connectivity index (χ1n) is 18.9. The maximum absolute atomic E-state index is 14.2. The summed E-state index contributed by atoms with van der Waals surface area (Å²) in [6.07, 6.45) is 7.22. The van der Waals surface area contributed by atoms with E-state index in [0.717, 1.165) is 46.2 Å². The van der Waals surface area contributed by atoms with Crippen LogP contribution in [0.3, 0.4) is 0 Å². The fraction of sp³-hybridized carbons (Fsp3) is 0.538. The number of amides is 2. The van der Waals surface area contributed by atoms with Gasteiger partial charge in [-0.2, -0.15) is 0 Å². The number of halogens is 1. The molecule has 12 nitrogen and oxygen atoms in total. The van der Waals surface area contributed by atoms with Crippen molar-refractivity contribution in [1.82, 2.24) is 34.1 Å². The van der Waals surface area contributed by atoms with Crippen molar-refractivity contribution < 1.29 is 14.3 Å². The summed E-state index contributed by atoms with van der Waals surface area (Å²) in [5, 5.41) is 1.33. The van der Waals surface area contributed by atoms with Gasteiger partial charge in [-0.3, -0.25) is 19.2 Å². The number of rotatable bonds is 7. The van der Waals surface area contributed by atoms with Crippen molar-refractivity contribution in [2.24, 2.45) is 0 Å². The average molecular weight is 729 g/mol. The van der Waals surface area contributed by atoms with Crippen molar-refractivity contribution in [2.75, 3.05) is 52.0 Å². The number of fused-ring (bicyclic) bond motifs is 5. The van der Waals surface area contributed by atoms with E-state index in [1.165, 1.54) is 25.7 Å². The van der Waals surface area contributed by atoms with Crippen LogP contribution in [-0.4, -0.2) is 117 Å². The van der Waals surface area contributed by atoms with Crippen LogP contribution in [0.1, 0.15) is 62.6 Å². The van der Waals surface area contributed by atoms with E-state index in [0.29, 0.717) is 74.3 Å². The second-order valence-corrected chi connectivity index (χ2v) is 15.6. The number of imidazole rings is 1. The molecular formula is C39H49ClN8O4. The van der Waals surface area contributed by atoms with Crippen LogP contribution in [0.4, 0.5) is 10.5 Å². The standard InChI is InChI=1S/C39H49ClN8O4/c1-3-25-18-24(19-31(40)35(25)41)20-34(37(49)46-16-14-45(15-17-46)29-21-27-8-9-28(22-29)44(27)2)52-39(51)47-12-10-26(11-13-47)48-33-23-42-32-7-5-4-6-30(32)36(33)43-38(48)50/h4-7,18-19,23,26-29,34H,3,8-17,20-22,41H2,1-2H3,(H,43,50)/t27?,28?,29?,34-/m1/s1. The Hall–Kier alpha value is -4.13. The molecule has 2 unspecified atom stereocenters. The number of anilines is 1. The first kappa shape index (κ1) is 34.9. The van der Waals surface area contributed by atoms with Gasteiger partial charge in [0, 0.05) is 75.2 Å². The summed E-state index contributed by atoms with van der Waals surface area (Å²) >= 11 is 6.52. The normalized spacial score (nSPS) is 23.8. The third-order valence-electron chi connectivity index (χ3n) is 12.4. The van der Waals surface area contributed by atoms with Crippen LogP contribution in [-0.2, 0) is 22.4 Å². The molecule has 2 bridgehead atoms. The van der Waals surface area contributed by atoms with Gasteiger partial charge in [-0.1, -0.05) is 42.8 Å². The molecule has 4 aromatic rings. The molecule has 0 aliphatic carbocycles. The number of nitrogen functional groups attached to an aromatic ring is 1. The molecular weight excluding hydrogens is 680 g/mol. The van der Waals surface area contributed by atoms with E-state index >= 15 is 0 Å². The van der Waals surface area contributed by atoms with Crippen LogP contribution in [0.2, 0.25) is 5.02 Å². The Balaban J connectivity index is 0.952. The molecule has 3 N–H and O–H groups in total. The van der Waals surface area contributed by atoms with Gasteiger partial charge < -0.3 is 30.2 Å². The van der Waals surface area contributed by atoms with Gasteiger partial charge >= 0.3 is 11.8 Å². The number of piperazine rings is 1. The van der Waals surface area contributed by atoms with Gasteiger partial charge in [0.2, 0.25) is 0 Å². The number of likely N-dealkylation sites (tertiary alicyclic amines) is 1. The highest BCUT2D eigenvalue weighted by molar-refractivity contribution is 6.33. The smallest absolute Gasteiger partial charge is 0.410 e. The second-order valence-electron chi connectivity index (χ2n) is 15.2. The first-order valence-corrected chi connectivity index (χ1v) is 19.3. The van der Waals surface area contributed by atoms with E-state index < -0.39 is 12.2 Å². The van der Waals surface area contributed by atoms with Gasteiger partial charge in [0.1, 0.15) is 0 Å². The lowest BCUT2D eigenvalue weighted by atomic mass is 9.96. The highest BCUT2D eigenvalue weighted by Gasteiger charge is 2.42. The summed E-state index contributed by atoms with van der Waals surface area (Å²) in [4.78, 5) is 57.5. The summed E-state index contributed by atoms with van der Waals surface area (Å²) in [5.41, 5.74) is 10.6. The van der Waals surface area contributed by atoms with Crippen LogP contribution in [0.5, 0.6) is 0 Å². The van der Waals surface area contributed by atoms with Crippen LogP contribution in [0.25, 0.3) is 21.9 Å². The molecule has 4 saturated heterocycles. The molecule has 4 aliphatic heterocycles. The third kappa shape index (κ3) is 6.54. The fourth-order valence-corrected chi connectivity index (χ4v) is 9.58. The lowest BCUT2D eigenvalue weighted by Gasteiger charge is -2.45. The number of piperidine rings is 2. The van der Waals surface area contributed by atoms with Crippen molar-refractivity contribution in [3.8, 4) is 0 Å². The average Bonchev–Trinajstić information content (AvgIpc) is 3.59. The van der Waals surface area contributed by atoms with Gasteiger partial charge in [-0.25, -0.2) is 9.59 Å². The van der Waals surface area contributed by atoms with Crippen molar-refractivity contribution in [3.05, 3.63) is 69.2 Å². The van der Waals surface area contributed by atoms with Gasteiger partial charge in [0.25, 0.3) is 5.91 Å². The van der Waals surface area contributed by atoms with Gasteiger partial charge in [0.05, 0.1) is 33.5 Å². The zero-order valence-corrected chi connectivity index (χ0v) is 30.9. The Morgan fingerprint density at radius 3 is 2.38 bits per heavy atom. The molecule has 4 aliphatic rings. The van der Waals surface area contributed by atoms with Crippen LogP contribution < -0.4 is 11.4 Å². The van der Waals surface area contributed by atoms with E-state index in [9.17, 15) is 14.4 Å². The van der Waals surface area contributed by atoms with Crippen molar-refractivity contribution >= 4 is 51.2 Å². The van der Waals surface area contributed by atoms with Crippen LogP contribution in [0.15, 0.2) is 47.4 Å². The van der Waals surface area contributed by atoms with Crippen molar-refractivity contribution in [1.29, 1.82) is 0 Å². The molecule has 8 rings (SSSR count). The summed E-state index contributed by atoms with van der Waals surface area (Å²) in [6, 6.07) is 13.3. The summed E-state index contributed by atoms with van der Waals surface area (Å²) < 4.78 is 7.90. The maximum atomic E-state index is 14.2. The Bertz CT molecular complexity index is 2020. The van der Waals surface area contributed by atoms with E-state index in [1.807, 2.05) is 42.2 Å².